The molecule has 0 saturated carbocycles. The summed E-state index contributed by atoms with van der Waals surface area (Å²) >= 11 is 0. The summed E-state index contributed by atoms with van der Waals surface area (Å²) in [5.41, 5.74) is 3.34. The highest BCUT2D eigenvalue weighted by atomic mass is 16.4. The Hall–Kier alpha value is -4.46. The molecule has 0 fully saturated rings. The fourth-order valence-corrected chi connectivity index (χ4v) is 3.17. The van der Waals surface area contributed by atoms with Crippen molar-refractivity contribution in [2.45, 2.75) is 0 Å². The van der Waals surface area contributed by atoms with E-state index >= 15 is 0 Å². The highest BCUT2D eigenvalue weighted by Crippen LogP contribution is 2.31. The number of imidazole rings is 1. The molecule has 3 N–H and O–H groups in total. The van der Waals surface area contributed by atoms with Crippen LogP contribution >= 0.6 is 0 Å². The van der Waals surface area contributed by atoms with Crippen LogP contribution in [0.2, 0.25) is 0 Å². The summed E-state index contributed by atoms with van der Waals surface area (Å²) in [5.74, 6) is 0.224. The third-order valence-electron chi connectivity index (χ3n) is 4.60. The molecular weight excluding hydrogens is 382 g/mol. The lowest BCUT2D eigenvalue weighted by Crippen LogP contribution is -2.12. The van der Waals surface area contributed by atoms with E-state index in [9.17, 15) is 9.90 Å². The standard InChI is InChI=1S/C22H15N5O3/c28-18-12-6-3-9-15(18)20(29)25-22-27-26-21(30-22)14-8-2-1-7-13(14)19-23-16-10-4-5-11-17(16)24-19/h1-12,28H,(H,23,24)(H,25,27,29). The van der Waals surface area contributed by atoms with E-state index in [0.29, 0.717) is 11.4 Å². The summed E-state index contributed by atoms with van der Waals surface area (Å²) in [5, 5.41) is 20.3. The highest BCUT2D eigenvalue weighted by molar-refractivity contribution is 6.05. The molecule has 0 bridgehead atoms. The van der Waals surface area contributed by atoms with Crippen LogP contribution in [0, 0.1) is 0 Å². The van der Waals surface area contributed by atoms with Crippen LogP contribution < -0.4 is 5.32 Å². The van der Waals surface area contributed by atoms with Crippen molar-refractivity contribution in [2.75, 3.05) is 5.32 Å². The van der Waals surface area contributed by atoms with Crippen LogP contribution in [0.1, 0.15) is 10.4 Å². The van der Waals surface area contributed by atoms with E-state index in [0.717, 1.165) is 16.6 Å². The first-order chi connectivity index (χ1) is 14.7. The Morgan fingerprint density at radius 3 is 2.47 bits per heavy atom. The minimum Gasteiger partial charge on any atom is -0.507 e. The lowest BCUT2D eigenvalue weighted by Gasteiger charge is -2.04. The molecule has 2 heterocycles. The average Bonchev–Trinajstić information content (AvgIpc) is 3.41. The number of hydrogen-bond acceptors (Lipinski definition) is 6. The summed E-state index contributed by atoms with van der Waals surface area (Å²) in [6.45, 7) is 0. The molecule has 0 aliphatic rings. The monoisotopic (exact) mass is 397 g/mol. The molecule has 0 spiro atoms. The summed E-state index contributed by atoms with van der Waals surface area (Å²) < 4.78 is 5.66. The summed E-state index contributed by atoms with van der Waals surface area (Å²) in [7, 11) is 0. The van der Waals surface area contributed by atoms with Crippen molar-refractivity contribution in [3.05, 3.63) is 78.4 Å². The van der Waals surface area contributed by atoms with Crippen molar-refractivity contribution in [1.29, 1.82) is 0 Å². The molecule has 0 aliphatic heterocycles. The molecule has 2 aromatic heterocycles. The molecule has 0 atom stereocenters. The Morgan fingerprint density at radius 2 is 1.63 bits per heavy atom. The zero-order valence-corrected chi connectivity index (χ0v) is 15.5. The normalized spacial score (nSPS) is 10.9. The molecule has 5 aromatic rings. The maximum atomic E-state index is 12.4. The Bertz CT molecular complexity index is 1340. The van der Waals surface area contributed by atoms with Gasteiger partial charge in [-0.25, -0.2) is 4.98 Å². The number of carbonyl (C=O) groups excluding carboxylic acids is 1. The summed E-state index contributed by atoms with van der Waals surface area (Å²) in [6.07, 6.45) is 0. The first-order valence-electron chi connectivity index (χ1n) is 9.16. The van der Waals surface area contributed by atoms with E-state index < -0.39 is 5.91 Å². The van der Waals surface area contributed by atoms with Crippen LogP contribution in [-0.4, -0.2) is 31.2 Å². The van der Waals surface area contributed by atoms with Crippen molar-refractivity contribution < 1.29 is 14.3 Å². The summed E-state index contributed by atoms with van der Waals surface area (Å²) in [6, 6.07) is 21.4. The van der Waals surface area contributed by atoms with Gasteiger partial charge in [0.15, 0.2) is 0 Å². The minimum atomic E-state index is -0.547. The molecule has 1 amide bonds. The second-order valence-corrected chi connectivity index (χ2v) is 6.53. The number of aromatic amines is 1. The maximum Gasteiger partial charge on any atom is 0.322 e. The fraction of sp³-hybridized carbons (Fsp3) is 0. The quantitative estimate of drug-likeness (QED) is 0.418. The lowest BCUT2D eigenvalue weighted by molar-refractivity contribution is 0.102. The molecule has 0 unspecified atom stereocenters. The molecule has 8 nitrogen and oxygen atoms in total. The van der Waals surface area contributed by atoms with E-state index in [-0.39, 0.29) is 23.2 Å². The smallest absolute Gasteiger partial charge is 0.322 e. The van der Waals surface area contributed by atoms with Gasteiger partial charge in [0, 0.05) is 11.1 Å². The van der Waals surface area contributed by atoms with E-state index in [2.05, 4.69) is 25.5 Å². The van der Waals surface area contributed by atoms with Gasteiger partial charge in [-0.15, -0.1) is 5.10 Å². The van der Waals surface area contributed by atoms with Gasteiger partial charge < -0.3 is 14.5 Å². The van der Waals surface area contributed by atoms with Gasteiger partial charge in [-0.05, 0) is 30.3 Å². The number of anilines is 1. The lowest BCUT2D eigenvalue weighted by atomic mass is 10.1. The number of aromatic nitrogens is 4. The zero-order valence-electron chi connectivity index (χ0n) is 15.5. The van der Waals surface area contributed by atoms with Crippen LogP contribution in [-0.2, 0) is 0 Å². The van der Waals surface area contributed by atoms with Crippen LogP contribution in [0.25, 0.3) is 33.9 Å². The number of fused-ring (bicyclic) bond motifs is 1. The topological polar surface area (TPSA) is 117 Å². The van der Waals surface area contributed by atoms with E-state index in [1.807, 2.05) is 48.5 Å². The number of benzene rings is 3. The Balaban J connectivity index is 1.47. The average molecular weight is 397 g/mol. The second kappa shape index (κ2) is 7.17. The Kier molecular flexibility index (Phi) is 4.21. The Labute approximate surface area is 170 Å². The molecule has 0 radical (unpaired) electrons. The van der Waals surface area contributed by atoms with Crippen molar-refractivity contribution in [3.63, 3.8) is 0 Å². The fourth-order valence-electron chi connectivity index (χ4n) is 3.17. The first-order valence-corrected chi connectivity index (χ1v) is 9.16. The number of phenolic OH excluding ortho intramolecular Hbond substituents is 1. The zero-order chi connectivity index (χ0) is 20.5. The van der Waals surface area contributed by atoms with Crippen LogP contribution in [0.4, 0.5) is 6.01 Å². The van der Waals surface area contributed by atoms with Crippen molar-refractivity contribution in [2.24, 2.45) is 0 Å². The highest BCUT2D eigenvalue weighted by Gasteiger charge is 2.18. The first kappa shape index (κ1) is 17.6. The van der Waals surface area contributed by atoms with E-state index in [1.54, 1.807) is 12.1 Å². The van der Waals surface area contributed by atoms with Gasteiger partial charge in [-0.2, -0.15) is 0 Å². The van der Waals surface area contributed by atoms with Gasteiger partial charge in [0.2, 0.25) is 0 Å². The number of para-hydroxylation sites is 3. The number of amides is 1. The number of rotatable bonds is 4. The second-order valence-electron chi connectivity index (χ2n) is 6.53. The number of carbonyl (C=O) groups is 1. The molecule has 0 saturated heterocycles. The van der Waals surface area contributed by atoms with Gasteiger partial charge in [0.1, 0.15) is 11.6 Å². The molecule has 30 heavy (non-hydrogen) atoms. The number of phenols is 1. The number of H-pyrrole nitrogens is 1. The predicted octanol–water partition coefficient (Wildman–Crippen LogP) is 4.24. The van der Waals surface area contributed by atoms with Crippen molar-refractivity contribution in [3.8, 4) is 28.6 Å². The maximum absolute atomic E-state index is 12.4. The van der Waals surface area contributed by atoms with Gasteiger partial charge in [-0.1, -0.05) is 47.6 Å². The number of nitrogens with zero attached hydrogens (tertiary/aromatic N) is 3. The largest absolute Gasteiger partial charge is 0.507 e. The van der Waals surface area contributed by atoms with E-state index in [4.69, 9.17) is 4.42 Å². The minimum absolute atomic E-state index is 0.0716. The van der Waals surface area contributed by atoms with Crippen molar-refractivity contribution >= 4 is 23.0 Å². The van der Waals surface area contributed by atoms with Gasteiger partial charge >= 0.3 is 6.01 Å². The third-order valence-corrected chi connectivity index (χ3v) is 4.60. The van der Waals surface area contributed by atoms with E-state index in [1.165, 1.54) is 12.1 Å². The molecule has 0 aliphatic carbocycles. The Morgan fingerprint density at radius 1 is 0.900 bits per heavy atom. The van der Waals surface area contributed by atoms with Crippen LogP contribution in [0.5, 0.6) is 5.75 Å². The summed E-state index contributed by atoms with van der Waals surface area (Å²) in [4.78, 5) is 20.3. The van der Waals surface area contributed by atoms with Gasteiger partial charge in [-0.3, -0.25) is 10.1 Å². The molecule has 8 heteroatoms. The third kappa shape index (κ3) is 3.16. The number of nitrogens with one attached hydrogen (secondary N) is 2. The number of hydrogen-bond donors (Lipinski definition) is 3. The van der Waals surface area contributed by atoms with Gasteiger partial charge in [0.05, 0.1) is 16.6 Å². The number of aromatic hydroxyl groups is 1. The van der Waals surface area contributed by atoms with Gasteiger partial charge in [0.25, 0.3) is 11.8 Å². The molecule has 5 rings (SSSR count). The van der Waals surface area contributed by atoms with Crippen molar-refractivity contribution in [1.82, 2.24) is 20.2 Å². The van der Waals surface area contributed by atoms with Crippen LogP contribution in [0.3, 0.4) is 0 Å². The molecule has 146 valence electrons. The van der Waals surface area contributed by atoms with Crippen LogP contribution in [0.15, 0.2) is 77.2 Å². The SMILES string of the molecule is O=C(Nc1nnc(-c2ccccc2-c2nc3ccccc3[nH]2)o1)c1ccccc1O. The molecular formula is C22H15N5O3. The predicted molar refractivity (Wildman–Crippen MR) is 111 cm³/mol. The molecule has 3 aromatic carbocycles.